The van der Waals surface area contributed by atoms with Crippen LogP contribution in [0.25, 0.3) is 0 Å². The first-order valence-corrected chi connectivity index (χ1v) is 5.18. The standard InChI is InChI=1S/C12H17N/c1-2-3-9-4-6-11-10(8-9)5-7-12(11)13/h4,6,8,12H,2-3,5,7,13H2,1H3. The Morgan fingerprint density at radius 2 is 2.31 bits per heavy atom. The van der Waals surface area contributed by atoms with Crippen LogP contribution in [0.5, 0.6) is 0 Å². The Kier molecular flexibility index (Phi) is 2.36. The molecule has 0 aliphatic heterocycles. The van der Waals surface area contributed by atoms with Crippen LogP contribution < -0.4 is 5.73 Å². The molecule has 0 bridgehead atoms. The molecule has 0 saturated heterocycles. The maximum Gasteiger partial charge on any atom is 0.0300 e. The van der Waals surface area contributed by atoms with E-state index in [0.29, 0.717) is 6.04 Å². The summed E-state index contributed by atoms with van der Waals surface area (Å²) in [7, 11) is 0. The van der Waals surface area contributed by atoms with E-state index < -0.39 is 0 Å². The number of aryl methyl sites for hydroxylation is 2. The molecule has 1 aliphatic rings. The summed E-state index contributed by atoms with van der Waals surface area (Å²) in [5, 5.41) is 0. The number of fused-ring (bicyclic) bond motifs is 1. The maximum atomic E-state index is 5.97. The van der Waals surface area contributed by atoms with Crippen molar-refractivity contribution in [2.24, 2.45) is 5.73 Å². The highest BCUT2D eigenvalue weighted by atomic mass is 14.6. The van der Waals surface area contributed by atoms with Gasteiger partial charge in [0.05, 0.1) is 0 Å². The molecule has 2 rings (SSSR count). The van der Waals surface area contributed by atoms with E-state index in [4.69, 9.17) is 5.73 Å². The zero-order valence-corrected chi connectivity index (χ0v) is 8.22. The fourth-order valence-electron chi connectivity index (χ4n) is 2.15. The highest BCUT2D eigenvalue weighted by Gasteiger charge is 2.18. The molecule has 0 spiro atoms. The first-order valence-electron chi connectivity index (χ1n) is 5.18. The van der Waals surface area contributed by atoms with Gasteiger partial charge in [-0.05, 0) is 36.0 Å². The van der Waals surface area contributed by atoms with E-state index in [0.717, 1.165) is 6.42 Å². The number of hydrogen-bond acceptors (Lipinski definition) is 1. The van der Waals surface area contributed by atoms with Gasteiger partial charge in [-0.15, -0.1) is 0 Å². The predicted molar refractivity (Wildman–Crippen MR) is 55.7 cm³/mol. The minimum atomic E-state index is 0.297. The largest absolute Gasteiger partial charge is 0.324 e. The van der Waals surface area contributed by atoms with Crippen LogP contribution in [0.1, 0.15) is 42.5 Å². The van der Waals surface area contributed by atoms with Crippen molar-refractivity contribution in [3.05, 3.63) is 34.9 Å². The van der Waals surface area contributed by atoms with E-state index in [-0.39, 0.29) is 0 Å². The second-order valence-corrected chi connectivity index (χ2v) is 3.93. The molecule has 1 aromatic rings. The summed E-state index contributed by atoms with van der Waals surface area (Å²) in [4.78, 5) is 0. The first-order chi connectivity index (χ1) is 6.31. The first kappa shape index (κ1) is 8.76. The lowest BCUT2D eigenvalue weighted by molar-refractivity contribution is 0.713. The zero-order valence-electron chi connectivity index (χ0n) is 8.22. The molecular weight excluding hydrogens is 158 g/mol. The van der Waals surface area contributed by atoms with Crippen LogP contribution in [0.4, 0.5) is 0 Å². The van der Waals surface area contributed by atoms with Crippen LogP contribution in [-0.2, 0) is 12.8 Å². The molecule has 0 heterocycles. The molecule has 0 fully saturated rings. The van der Waals surface area contributed by atoms with E-state index in [9.17, 15) is 0 Å². The summed E-state index contributed by atoms with van der Waals surface area (Å²) in [6.07, 6.45) is 4.73. The molecule has 1 heteroatoms. The Morgan fingerprint density at radius 3 is 3.08 bits per heavy atom. The van der Waals surface area contributed by atoms with Crippen molar-refractivity contribution in [3.8, 4) is 0 Å². The number of nitrogens with two attached hydrogens (primary N) is 1. The lowest BCUT2D eigenvalue weighted by Crippen LogP contribution is -2.04. The van der Waals surface area contributed by atoms with Gasteiger partial charge in [-0.3, -0.25) is 0 Å². The molecule has 1 aromatic carbocycles. The highest BCUT2D eigenvalue weighted by molar-refractivity contribution is 5.37. The van der Waals surface area contributed by atoms with Crippen molar-refractivity contribution >= 4 is 0 Å². The summed E-state index contributed by atoms with van der Waals surface area (Å²) in [6.45, 7) is 2.22. The Balaban J connectivity index is 2.29. The monoisotopic (exact) mass is 175 g/mol. The normalized spacial score (nSPS) is 20.3. The van der Waals surface area contributed by atoms with Gasteiger partial charge in [0, 0.05) is 6.04 Å². The SMILES string of the molecule is CCCc1ccc2c(c1)CCC2N. The number of benzene rings is 1. The summed E-state index contributed by atoms with van der Waals surface area (Å²) >= 11 is 0. The molecule has 1 unspecified atom stereocenters. The predicted octanol–water partition coefficient (Wildman–Crippen LogP) is 2.59. The molecule has 70 valence electrons. The van der Waals surface area contributed by atoms with Crippen LogP contribution >= 0.6 is 0 Å². The molecule has 1 nitrogen and oxygen atoms in total. The second kappa shape index (κ2) is 3.51. The van der Waals surface area contributed by atoms with Gasteiger partial charge in [0.1, 0.15) is 0 Å². The summed E-state index contributed by atoms with van der Waals surface area (Å²) in [6, 6.07) is 7.09. The Labute approximate surface area is 80.0 Å². The fourth-order valence-corrected chi connectivity index (χ4v) is 2.15. The van der Waals surface area contributed by atoms with Crippen molar-refractivity contribution in [2.45, 2.75) is 38.6 Å². The van der Waals surface area contributed by atoms with Crippen LogP contribution in [0.3, 0.4) is 0 Å². The van der Waals surface area contributed by atoms with Gasteiger partial charge in [-0.2, -0.15) is 0 Å². The van der Waals surface area contributed by atoms with Gasteiger partial charge in [0.25, 0.3) is 0 Å². The second-order valence-electron chi connectivity index (χ2n) is 3.93. The zero-order chi connectivity index (χ0) is 9.26. The van der Waals surface area contributed by atoms with E-state index in [2.05, 4.69) is 25.1 Å². The van der Waals surface area contributed by atoms with Gasteiger partial charge in [-0.1, -0.05) is 31.5 Å². The Hall–Kier alpha value is -0.820. The van der Waals surface area contributed by atoms with Crippen LogP contribution in [0.15, 0.2) is 18.2 Å². The van der Waals surface area contributed by atoms with Gasteiger partial charge < -0.3 is 5.73 Å². The minimum absolute atomic E-state index is 0.297. The van der Waals surface area contributed by atoms with Gasteiger partial charge in [0.15, 0.2) is 0 Å². The van der Waals surface area contributed by atoms with Crippen molar-refractivity contribution < 1.29 is 0 Å². The molecule has 0 aromatic heterocycles. The third-order valence-electron chi connectivity index (χ3n) is 2.87. The Bertz CT molecular complexity index is 304. The lowest BCUT2D eigenvalue weighted by Gasteiger charge is -2.06. The van der Waals surface area contributed by atoms with E-state index in [1.807, 2.05) is 0 Å². The van der Waals surface area contributed by atoms with E-state index in [1.165, 1.54) is 36.0 Å². The average Bonchev–Trinajstić information content (AvgIpc) is 2.48. The number of rotatable bonds is 2. The van der Waals surface area contributed by atoms with Crippen LogP contribution in [0.2, 0.25) is 0 Å². The maximum absolute atomic E-state index is 5.97. The van der Waals surface area contributed by atoms with Crippen LogP contribution in [0, 0.1) is 0 Å². The van der Waals surface area contributed by atoms with Gasteiger partial charge in [-0.25, -0.2) is 0 Å². The topological polar surface area (TPSA) is 26.0 Å². The van der Waals surface area contributed by atoms with Crippen LogP contribution in [-0.4, -0.2) is 0 Å². The fraction of sp³-hybridized carbons (Fsp3) is 0.500. The quantitative estimate of drug-likeness (QED) is 0.734. The molecule has 0 amide bonds. The minimum Gasteiger partial charge on any atom is -0.324 e. The van der Waals surface area contributed by atoms with Crippen molar-refractivity contribution in [3.63, 3.8) is 0 Å². The molecule has 0 radical (unpaired) electrons. The number of hydrogen-bond donors (Lipinski definition) is 1. The average molecular weight is 175 g/mol. The third-order valence-corrected chi connectivity index (χ3v) is 2.87. The van der Waals surface area contributed by atoms with Crippen molar-refractivity contribution in [2.75, 3.05) is 0 Å². The summed E-state index contributed by atoms with van der Waals surface area (Å²) < 4.78 is 0. The van der Waals surface area contributed by atoms with E-state index in [1.54, 1.807) is 0 Å². The molecule has 0 saturated carbocycles. The van der Waals surface area contributed by atoms with Crippen molar-refractivity contribution in [1.29, 1.82) is 0 Å². The summed E-state index contributed by atoms with van der Waals surface area (Å²) in [5.41, 5.74) is 10.3. The molecule has 1 atom stereocenters. The smallest absolute Gasteiger partial charge is 0.0300 e. The molecule has 13 heavy (non-hydrogen) atoms. The molecule has 2 N–H and O–H groups in total. The van der Waals surface area contributed by atoms with Crippen molar-refractivity contribution in [1.82, 2.24) is 0 Å². The highest BCUT2D eigenvalue weighted by Crippen LogP contribution is 2.29. The Morgan fingerprint density at radius 1 is 1.46 bits per heavy atom. The van der Waals surface area contributed by atoms with E-state index >= 15 is 0 Å². The lowest BCUT2D eigenvalue weighted by atomic mass is 10.0. The molecular formula is C12H17N. The third kappa shape index (κ3) is 1.61. The van der Waals surface area contributed by atoms with Gasteiger partial charge >= 0.3 is 0 Å². The van der Waals surface area contributed by atoms with Gasteiger partial charge in [0.2, 0.25) is 0 Å². The summed E-state index contributed by atoms with van der Waals surface area (Å²) in [5.74, 6) is 0. The molecule has 1 aliphatic carbocycles.